The summed E-state index contributed by atoms with van der Waals surface area (Å²) in [6.45, 7) is 2.21. The van der Waals surface area contributed by atoms with E-state index in [1.807, 2.05) is 24.3 Å². The van der Waals surface area contributed by atoms with Crippen LogP contribution in [0.15, 0.2) is 30.3 Å². The summed E-state index contributed by atoms with van der Waals surface area (Å²) in [5.41, 5.74) is 0.771. The van der Waals surface area contributed by atoms with Crippen molar-refractivity contribution in [1.29, 1.82) is 0 Å². The number of aromatic hydroxyl groups is 1. The van der Waals surface area contributed by atoms with Gasteiger partial charge in [0.15, 0.2) is 0 Å². The van der Waals surface area contributed by atoms with Crippen LogP contribution in [0.2, 0.25) is 0 Å². The molecule has 0 saturated carbocycles. The van der Waals surface area contributed by atoms with Crippen molar-refractivity contribution in [3.05, 3.63) is 41.5 Å². The molecular weight excluding hydrogens is 382 g/mol. The minimum absolute atomic E-state index is 0.0890. The first-order valence-corrected chi connectivity index (χ1v) is 10.4. The Bertz CT molecular complexity index is 982. The Morgan fingerprint density at radius 3 is 2.43 bits per heavy atom. The summed E-state index contributed by atoms with van der Waals surface area (Å²) in [5, 5.41) is 12.4. The van der Waals surface area contributed by atoms with Crippen molar-refractivity contribution in [2.75, 3.05) is 47.4 Å². The molecule has 9 heteroatoms. The number of methoxy groups -OCH3 is 1. The highest BCUT2D eigenvalue weighted by Crippen LogP contribution is 2.33. The molecule has 0 aliphatic carbocycles. The van der Waals surface area contributed by atoms with E-state index in [0.717, 1.165) is 10.8 Å². The maximum Gasteiger partial charge on any atom is 0.341 e. The Balaban J connectivity index is 1.87. The predicted octanol–water partition coefficient (Wildman–Crippen LogP) is 1.26. The van der Waals surface area contributed by atoms with E-state index in [4.69, 9.17) is 4.74 Å². The smallest absolute Gasteiger partial charge is 0.341 e. The Morgan fingerprint density at radius 2 is 1.82 bits per heavy atom. The van der Waals surface area contributed by atoms with Gasteiger partial charge in [-0.1, -0.05) is 24.3 Å². The third-order valence-corrected chi connectivity index (χ3v) is 6.97. The lowest BCUT2D eigenvalue weighted by atomic mass is 9.98. The van der Waals surface area contributed by atoms with Crippen molar-refractivity contribution in [3.8, 4) is 5.75 Å². The Kier molecular flexibility index (Phi) is 5.90. The van der Waals surface area contributed by atoms with Crippen LogP contribution in [0.25, 0.3) is 10.8 Å². The van der Waals surface area contributed by atoms with E-state index in [-0.39, 0.29) is 11.3 Å². The van der Waals surface area contributed by atoms with Crippen LogP contribution in [0.3, 0.4) is 0 Å². The van der Waals surface area contributed by atoms with Crippen LogP contribution >= 0.6 is 0 Å². The van der Waals surface area contributed by atoms with Crippen molar-refractivity contribution < 1.29 is 23.1 Å². The summed E-state index contributed by atoms with van der Waals surface area (Å²) in [5.74, 6) is -0.680. The number of carbonyl (C=O) groups excluding carboxylic acids is 1. The average Bonchev–Trinajstić information content (AvgIpc) is 2.69. The van der Waals surface area contributed by atoms with Gasteiger partial charge in [-0.25, -0.2) is 4.79 Å². The van der Waals surface area contributed by atoms with E-state index in [9.17, 15) is 18.3 Å². The molecule has 1 heterocycles. The molecule has 2 aromatic rings. The highest BCUT2D eigenvalue weighted by atomic mass is 32.2. The van der Waals surface area contributed by atoms with Gasteiger partial charge in [0.05, 0.1) is 7.11 Å². The quantitative estimate of drug-likeness (QED) is 0.751. The Morgan fingerprint density at radius 1 is 1.18 bits per heavy atom. The van der Waals surface area contributed by atoms with Crippen LogP contribution in [0, 0.1) is 0 Å². The fourth-order valence-electron chi connectivity index (χ4n) is 3.41. The Labute approximate surface area is 165 Å². The van der Waals surface area contributed by atoms with Crippen molar-refractivity contribution in [2.24, 2.45) is 0 Å². The van der Waals surface area contributed by atoms with Crippen LogP contribution in [-0.4, -0.2) is 80.4 Å². The van der Waals surface area contributed by atoms with Crippen molar-refractivity contribution in [3.63, 3.8) is 0 Å². The number of ether oxygens (including phenoxy) is 1. The van der Waals surface area contributed by atoms with Crippen molar-refractivity contribution in [1.82, 2.24) is 13.5 Å². The minimum atomic E-state index is -3.43. The molecule has 1 N–H and O–H groups in total. The topological polar surface area (TPSA) is 90.4 Å². The summed E-state index contributed by atoms with van der Waals surface area (Å²) in [6, 6.07) is 9.16. The van der Waals surface area contributed by atoms with Gasteiger partial charge in [0.2, 0.25) is 0 Å². The molecule has 0 bridgehead atoms. The third-order valence-electron chi connectivity index (χ3n) is 5.03. The molecule has 0 amide bonds. The largest absolute Gasteiger partial charge is 0.507 e. The summed E-state index contributed by atoms with van der Waals surface area (Å²) < 4.78 is 32.0. The molecule has 3 rings (SSSR count). The molecule has 1 saturated heterocycles. The number of nitrogens with zero attached hydrogens (tertiary/aromatic N) is 3. The van der Waals surface area contributed by atoms with Gasteiger partial charge in [0.1, 0.15) is 11.3 Å². The minimum Gasteiger partial charge on any atom is -0.507 e. The summed E-state index contributed by atoms with van der Waals surface area (Å²) >= 11 is 0. The van der Waals surface area contributed by atoms with Crippen LogP contribution in [-0.2, 0) is 21.5 Å². The lowest BCUT2D eigenvalue weighted by molar-refractivity contribution is 0.0597. The molecular formula is C19H25N3O5S. The standard InChI is InChI=1S/C19H25N3O5S/c1-20(2)28(25,26)22-10-8-21(9-11-22)13-17-15-7-5-4-6-14(15)12-16(18(17)23)19(24)27-3/h4-7,12,23H,8-11,13H2,1-3H3. The van der Waals surface area contributed by atoms with Crippen LogP contribution in [0.4, 0.5) is 0 Å². The maximum absolute atomic E-state index is 12.3. The molecule has 1 fully saturated rings. The van der Waals surface area contributed by atoms with E-state index in [2.05, 4.69) is 4.90 Å². The van der Waals surface area contributed by atoms with Gasteiger partial charge >= 0.3 is 5.97 Å². The SMILES string of the molecule is COC(=O)c1cc2ccccc2c(CN2CCN(S(=O)(=O)N(C)C)CC2)c1O. The van der Waals surface area contributed by atoms with Crippen molar-refractivity contribution in [2.45, 2.75) is 6.54 Å². The predicted molar refractivity (Wildman–Crippen MR) is 106 cm³/mol. The molecule has 1 aliphatic heterocycles. The van der Waals surface area contributed by atoms with Gasteiger partial charge in [-0.05, 0) is 16.8 Å². The highest BCUT2D eigenvalue weighted by molar-refractivity contribution is 7.86. The van der Waals surface area contributed by atoms with Gasteiger partial charge in [0.25, 0.3) is 10.2 Å². The zero-order valence-electron chi connectivity index (χ0n) is 16.3. The first-order chi connectivity index (χ1) is 13.3. The molecule has 0 spiro atoms. The molecule has 0 atom stereocenters. The first kappa shape index (κ1) is 20.5. The number of hydrogen-bond acceptors (Lipinski definition) is 6. The fourth-order valence-corrected chi connectivity index (χ4v) is 4.50. The fraction of sp³-hybridized carbons (Fsp3) is 0.421. The van der Waals surface area contributed by atoms with E-state index in [0.29, 0.717) is 38.3 Å². The second-order valence-corrected chi connectivity index (χ2v) is 9.07. The highest BCUT2D eigenvalue weighted by Gasteiger charge is 2.29. The number of phenols is 1. The molecule has 0 unspecified atom stereocenters. The van der Waals surface area contributed by atoms with E-state index in [1.165, 1.54) is 29.8 Å². The summed E-state index contributed by atoms with van der Waals surface area (Å²) in [4.78, 5) is 14.1. The number of benzene rings is 2. The number of phenolic OH excluding ortho intramolecular Hbond substituents is 1. The second-order valence-electron chi connectivity index (χ2n) is 6.93. The molecule has 152 valence electrons. The zero-order valence-corrected chi connectivity index (χ0v) is 17.1. The second kappa shape index (κ2) is 8.04. The van der Waals surface area contributed by atoms with Gasteiger partial charge < -0.3 is 9.84 Å². The number of carbonyl (C=O) groups is 1. The zero-order chi connectivity index (χ0) is 20.5. The Hall–Kier alpha value is -2.20. The molecule has 2 aromatic carbocycles. The van der Waals surface area contributed by atoms with Gasteiger partial charge in [0, 0.05) is 52.4 Å². The molecule has 28 heavy (non-hydrogen) atoms. The van der Waals surface area contributed by atoms with Gasteiger partial charge in [-0.15, -0.1) is 0 Å². The van der Waals surface area contributed by atoms with Gasteiger partial charge in [-0.3, -0.25) is 4.90 Å². The molecule has 8 nitrogen and oxygen atoms in total. The summed E-state index contributed by atoms with van der Waals surface area (Å²) in [6.07, 6.45) is 0. The van der Waals surface area contributed by atoms with E-state index >= 15 is 0 Å². The molecule has 0 aromatic heterocycles. The van der Waals surface area contributed by atoms with Crippen LogP contribution in [0.5, 0.6) is 5.75 Å². The maximum atomic E-state index is 12.3. The summed E-state index contributed by atoms with van der Waals surface area (Å²) in [7, 11) is 0.884. The van der Waals surface area contributed by atoms with E-state index < -0.39 is 16.2 Å². The van der Waals surface area contributed by atoms with Crippen LogP contribution in [0.1, 0.15) is 15.9 Å². The lowest BCUT2D eigenvalue weighted by Gasteiger charge is -2.35. The molecule has 0 radical (unpaired) electrons. The van der Waals surface area contributed by atoms with Crippen molar-refractivity contribution >= 4 is 27.0 Å². The lowest BCUT2D eigenvalue weighted by Crippen LogP contribution is -2.51. The number of hydrogen-bond donors (Lipinski definition) is 1. The van der Waals surface area contributed by atoms with Gasteiger partial charge in [-0.2, -0.15) is 17.0 Å². The number of rotatable bonds is 5. The number of piperazine rings is 1. The molecule has 1 aliphatic rings. The normalized spacial score (nSPS) is 16.6. The van der Waals surface area contributed by atoms with Crippen LogP contribution < -0.4 is 0 Å². The van der Waals surface area contributed by atoms with E-state index in [1.54, 1.807) is 6.07 Å². The number of fused-ring (bicyclic) bond motifs is 1. The monoisotopic (exact) mass is 407 g/mol. The average molecular weight is 407 g/mol. The number of esters is 1. The first-order valence-electron chi connectivity index (χ1n) is 8.97. The third kappa shape index (κ3) is 3.83.